The second-order valence-electron chi connectivity index (χ2n) is 10.2. The quantitative estimate of drug-likeness (QED) is 0.342. The maximum Gasteiger partial charge on any atom is 0.175 e. The lowest BCUT2D eigenvalue weighted by Gasteiger charge is -2.41. The molecule has 0 spiro atoms. The first-order valence-electron chi connectivity index (χ1n) is 13.0. The third-order valence-electron chi connectivity index (χ3n) is 8.02. The third-order valence-corrected chi connectivity index (χ3v) is 9.15. The van der Waals surface area contributed by atoms with E-state index in [2.05, 4.69) is 23.1 Å². The largest absolute Gasteiger partial charge is 0.497 e. The minimum atomic E-state index is -3.24. The molecule has 3 heterocycles. The van der Waals surface area contributed by atoms with E-state index >= 15 is 0 Å². The highest BCUT2D eigenvalue weighted by molar-refractivity contribution is 7.90. The molecule has 1 N–H and O–H groups in total. The number of fused-ring (bicyclic) bond motifs is 6. The second-order valence-corrected chi connectivity index (χ2v) is 12.2. The highest BCUT2D eigenvalue weighted by Crippen LogP contribution is 2.45. The van der Waals surface area contributed by atoms with Crippen molar-refractivity contribution in [3.63, 3.8) is 0 Å². The van der Waals surface area contributed by atoms with E-state index < -0.39 is 9.84 Å². The van der Waals surface area contributed by atoms with Gasteiger partial charge < -0.3 is 23.9 Å². The van der Waals surface area contributed by atoms with Crippen LogP contribution in [0.25, 0.3) is 10.9 Å². The van der Waals surface area contributed by atoms with Crippen LogP contribution in [0.5, 0.6) is 17.2 Å². The lowest BCUT2D eigenvalue weighted by Crippen LogP contribution is -2.39. The molecule has 0 bridgehead atoms. The molecule has 1 atom stereocenters. The number of hydrogen-bond acceptors (Lipinski definition) is 7. The number of ether oxygens (including phenoxy) is 3. The summed E-state index contributed by atoms with van der Waals surface area (Å²) in [7, 11) is 0.0850. The van der Waals surface area contributed by atoms with Gasteiger partial charge in [0.2, 0.25) is 0 Å². The number of aliphatic hydroxyl groups is 1. The fraction of sp³-hybridized carbons (Fsp3) is 0.355. The number of nitrogens with zero attached hydrogens (tertiary/aromatic N) is 2. The summed E-state index contributed by atoms with van der Waals surface area (Å²) in [6.45, 7) is 1.92. The van der Waals surface area contributed by atoms with Gasteiger partial charge in [-0.3, -0.25) is 4.90 Å². The van der Waals surface area contributed by atoms with Crippen LogP contribution in [0.4, 0.5) is 0 Å². The summed E-state index contributed by atoms with van der Waals surface area (Å²) in [6, 6.07) is 17.2. The Balaban J connectivity index is 0.00000323. The lowest BCUT2D eigenvalue weighted by atomic mass is 9.85. The van der Waals surface area contributed by atoms with E-state index in [1.165, 1.54) is 22.9 Å². The van der Waals surface area contributed by atoms with Gasteiger partial charge in [-0.05, 0) is 77.6 Å². The van der Waals surface area contributed by atoms with Crippen molar-refractivity contribution in [1.29, 1.82) is 0 Å². The van der Waals surface area contributed by atoms with Crippen molar-refractivity contribution in [3.05, 3.63) is 82.5 Å². The molecule has 4 aromatic rings. The molecular weight excluding hydrogens is 528 g/mol. The Morgan fingerprint density at radius 3 is 2.45 bits per heavy atom. The van der Waals surface area contributed by atoms with Gasteiger partial charge in [-0.2, -0.15) is 0 Å². The SMILES string of the molecule is C.COc1ccc2c(c1)c1c(n2CO)CN2CCc3cc(OCc4ccc(S(C)(=O)=O)cc4)c(OC)cc3C2C1. The second kappa shape index (κ2) is 10.8. The maximum atomic E-state index is 11.8. The number of methoxy groups -OCH3 is 2. The van der Waals surface area contributed by atoms with Gasteiger partial charge >= 0.3 is 0 Å². The number of rotatable bonds is 7. The molecule has 212 valence electrons. The average molecular weight is 565 g/mol. The van der Waals surface area contributed by atoms with Crippen molar-refractivity contribution < 1.29 is 27.7 Å². The Bertz CT molecular complexity index is 1660. The molecule has 2 aliphatic rings. The van der Waals surface area contributed by atoms with Gasteiger partial charge in [0.25, 0.3) is 0 Å². The van der Waals surface area contributed by atoms with Crippen LogP contribution in [0, 0.1) is 0 Å². The summed E-state index contributed by atoms with van der Waals surface area (Å²) >= 11 is 0. The van der Waals surface area contributed by atoms with Crippen molar-refractivity contribution in [2.45, 2.75) is 51.1 Å². The van der Waals surface area contributed by atoms with Crippen molar-refractivity contribution in [2.75, 3.05) is 27.0 Å². The van der Waals surface area contributed by atoms with Gasteiger partial charge in [0.1, 0.15) is 19.1 Å². The molecule has 0 fully saturated rings. The van der Waals surface area contributed by atoms with Gasteiger partial charge in [-0.25, -0.2) is 8.42 Å². The molecule has 0 radical (unpaired) electrons. The number of aliphatic hydroxyl groups excluding tert-OH is 1. The normalized spacial score (nSPS) is 16.4. The van der Waals surface area contributed by atoms with Crippen LogP contribution in [-0.4, -0.2) is 50.0 Å². The fourth-order valence-electron chi connectivity index (χ4n) is 5.99. The molecule has 6 rings (SSSR count). The predicted octanol–water partition coefficient (Wildman–Crippen LogP) is 4.88. The highest BCUT2D eigenvalue weighted by Gasteiger charge is 2.36. The smallest absolute Gasteiger partial charge is 0.175 e. The molecule has 3 aromatic carbocycles. The molecule has 2 aliphatic heterocycles. The van der Waals surface area contributed by atoms with Gasteiger partial charge in [0.15, 0.2) is 21.3 Å². The van der Waals surface area contributed by atoms with Crippen molar-refractivity contribution in [2.24, 2.45) is 0 Å². The zero-order valence-corrected chi connectivity index (χ0v) is 23.1. The highest BCUT2D eigenvalue weighted by atomic mass is 32.2. The Labute approximate surface area is 235 Å². The van der Waals surface area contributed by atoms with E-state index in [1.54, 1.807) is 38.5 Å². The van der Waals surface area contributed by atoms with Gasteiger partial charge in [0.05, 0.1) is 24.6 Å². The Hall–Kier alpha value is -3.53. The summed E-state index contributed by atoms with van der Waals surface area (Å²) in [6.07, 6.45) is 2.92. The van der Waals surface area contributed by atoms with Crippen LogP contribution in [0.3, 0.4) is 0 Å². The number of sulfone groups is 1. The first-order valence-corrected chi connectivity index (χ1v) is 14.9. The summed E-state index contributed by atoms with van der Waals surface area (Å²) in [5, 5.41) is 11.3. The molecule has 1 unspecified atom stereocenters. The van der Waals surface area contributed by atoms with Crippen LogP contribution in [0.1, 0.15) is 41.4 Å². The van der Waals surface area contributed by atoms with Crippen LogP contribution in [0.15, 0.2) is 59.5 Å². The van der Waals surface area contributed by atoms with E-state index in [0.29, 0.717) is 23.0 Å². The Kier molecular flexibility index (Phi) is 7.56. The number of benzene rings is 3. The lowest BCUT2D eigenvalue weighted by molar-refractivity contribution is 0.145. The summed E-state index contributed by atoms with van der Waals surface area (Å²) in [5.41, 5.74) is 6.80. The Morgan fingerprint density at radius 1 is 1.00 bits per heavy atom. The van der Waals surface area contributed by atoms with E-state index in [-0.39, 0.29) is 20.2 Å². The molecule has 0 saturated carbocycles. The first-order chi connectivity index (χ1) is 18.8. The van der Waals surface area contributed by atoms with E-state index in [4.69, 9.17) is 14.2 Å². The standard InChI is InChI=1S/C30H32N2O6S.CH4/c1-36-21-6-9-26-24(13-21)25-14-27-23-15-29(37-2)30(38-17-19-4-7-22(8-5-19)39(3,34)35)12-20(23)10-11-31(27)16-28(25)32(26)18-33;/h4-9,12-13,15,27,33H,10-11,14,16-18H2,1-3H3;1H4. The molecule has 0 aliphatic carbocycles. The van der Waals surface area contributed by atoms with Gasteiger partial charge in [-0.15, -0.1) is 0 Å². The van der Waals surface area contributed by atoms with E-state index in [1.807, 2.05) is 16.7 Å². The van der Waals surface area contributed by atoms with Crippen molar-refractivity contribution in [1.82, 2.24) is 9.47 Å². The molecule has 40 heavy (non-hydrogen) atoms. The summed E-state index contributed by atoms with van der Waals surface area (Å²) in [4.78, 5) is 2.77. The van der Waals surface area contributed by atoms with Gasteiger partial charge in [0, 0.05) is 36.5 Å². The summed E-state index contributed by atoms with van der Waals surface area (Å²) in [5.74, 6) is 2.16. The zero-order chi connectivity index (χ0) is 27.3. The van der Waals surface area contributed by atoms with Crippen LogP contribution < -0.4 is 14.2 Å². The molecule has 0 amide bonds. The van der Waals surface area contributed by atoms with E-state index in [9.17, 15) is 13.5 Å². The summed E-state index contributed by atoms with van der Waals surface area (Å²) < 4.78 is 42.9. The fourth-order valence-corrected chi connectivity index (χ4v) is 6.62. The number of hydrogen-bond donors (Lipinski definition) is 1. The number of aromatic nitrogens is 1. The molecule has 9 heteroatoms. The molecule has 1 aromatic heterocycles. The Morgan fingerprint density at radius 2 is 1.77 bits per heavy atom. The monoisotopic (exact) mass is 564 g/mol. The minimum Gasteiger partial charge on any atom is -0.497 e. The average Bonchev–Trinajstić information content (AvgIpc) is 3.25. The zero-order valence-electron chi connectivity index (χ0n) is 22.3. The molecule has 8 nitrogen and oxygen atoms in total. The minimum absolute atomic E-state index is 0. The molecule has 0 saturated heterocycles. The van der Waals surface area contributed by atoms with Crippen LogP contribution in [0.2, 0.25) is 0 Å². The first kappa shape index (κ1) is 28.0. The third kappa shape index (κ3) is 4.82. The van der Waals surface area contributed by atoms with Crippen LogP contribution in [-0.2, 0) is 42.6 Å². The van der Waals surface area contributed by atoms with Crippen molar-refractivity contribution >= 4 is 20.7 Å². The van der Waals surface area contributed by atoms with Crippen LogP contribution >= 0.6 is 0 Å². The maximum absolute atomic E-state index is 11.8. The van der Waals surface area contributed by atoms with E-state index in [0.717, 1.165) is 53.8 Å². The molecular formula is C31H36N2O6S. The topological polar surface area (TPSA) is 90.2 Å². The van der Waals surface area contributed by atoms with Gasteiger partial charge in [-0.1, -0.05) is 19.6 Å². The van der Waals surface area contributed by atoms with Crippen molar-refractivity contribution in [3.8, 4) is 17.2 Å². The predicted molar refractivity (Wildman–Crippen MR) is 155 cm³/mol.